The van der Waals surface area contributed by atoms with E-state index in [1.54, 1.807) is 18.2 Å². The lowest BCUT2D eigenvalue weighted by Gasteiger charge is -2.20. The maximum Gasteiger partial charge on any atom is 0.338 e. The summed E-state index contributed by atoms with van der Waals surface area (Å²) in [5.41, 5.74) is 3.67. The number of esters is 2. The van der Waals surface area contributed by atoms with Crippen molar-refractivity contribution in [2.45, 2.75) is 37.9 Å². The molecule has 4 atom stereocenters. The summed E-state index contributed by atoms with van der Waals surface area (Å²) < 4.78 is 11.4. The van der Waals surface area contributed by atoms with E-state index >= 15 is 0 Å². The fourth-order valence-electron chi connectivity index (χ4n) is 5.14. The Morgan fingerprint density at radius 2 is 1.56 bits per heavy atom. The highest BCUT2D eigenvalue weighted by Gasteiger charge is 2.50. The Morgan fingerprint density at radius 3 is 2.28 bits per heavy atom. The van der Waals surface area contributed by atoms with Gasteiger partial charge >= 0.3 is 11.9 Å². The van der Waals surface area contributed by atoms with E-state index in [4.69, 9.17) is 9.47 Å². The summed E-state index contributed by atoms with van der Waals surface area (Å²) >= 11 is 0. The van der Waals surface area contributed by atoms with Crippen LogP contribution in [0.25, 0.3) is 11.1 Å². The molecule has 1 unspecified atom stereocenters. The molecule has 5 nitrogen and oxygen atoms in total. The van der Waals surface area contributed by atoms with Crippen molar-refractivity contribution in [2.24, 2.45) is 11.8 Å². The molecular weight excluding hydrogens is 452 g/mol. The van der Waals surface area contributed by atoms with Gasteiger partial charge in [0.2, 0.25) is 0 Å². The van der Waals surface area contributed by atoms with Crippen LogP contribution < -0.4 is 0 Å². The zero-order valence-corrected chi connectivity index (χ0v) is 19.9. The summed E-state index contributed by atoms with van der Waals surface area (Å²) in [6.07, 6.45) is 4.44. The van der Waals surface area contributed by atoms with Crippen molar-refractivity contribution >= 4 is 17.7 Å². The summed E-state index contributed by atoms with van der Waals surface area (Å²) in [5, 5.41) is 0. The minimum atomic E-state index is -0.451. The second-order valence-electron chi connectivity index (χ2n) is 9.41. The van der Waals surface area contributed by atoms with E-state index in [9.17, 15) is 14.4 Å². The van der Waals surface area contributed by atoms with Crippen LogP contribution in [0.5, 0.6) is 0 Å². The largest absolute Gasteiger partial charge is 0.462 e. The van der Waals surface area contributed by atoms with Gasteiger partial charge in [-0.25, -0.2) is 4.79 Å². The molecule has 1 saturated carbocycles. The van der Waals surface area contributed by atoms with Gasteiger partial charge in [0.25, 0.3) is 0 Å². The van der Waals surface area contributed by atoms with Crippen LogP contribution in [0.3, 0.4) is 0 Å². The topological polar surface area (TPSA) is 69.7 Å². The van der Waals surface area contributed by atoms with E-state index in [1.165, 1.54) is 0 Å². The summed E-state index contributed by atoms with van der Waals surface area (Å²) in [5.74, 6) is -0.975. The Bertz CT molecular complexity index is 1250. The summed E-state index contributed by atoms with van der Waals surface area (Å²) in [6, 6.07) is 27.1. The molecular formula is C31H28O5. The fourth-order valence-corrected chi connectivity index (χ4v) is 5.14. The molecule has 5 heteroatoms. The van der Waals surface area contributed by atoms with Crippen LogP contribution in [0, 0.1) is 11.8 Å². The van der Waals surface area contributed by atoms with Crippen LogP contribution in [0.4, 0.5) is 0 Å². The number of fused-ring (bicyclic) bond motifs is 1. The van der Waals surface area contributed by atoms with Gasteiger partial charge in [-0.15, -0.1) is 0 Å². The number of allylic oxidation sites excluding steroid dienone is 1. The van der Waals surface area contributed by atoms with Crippen LogP contribution in [-0.4, -0.2) is 29.9 Å². The predicted octanol–water partition coefficient (Wildman–Crippen LogP) is 5.59. The predicted molar refractivity (Wildman–Crippen MR) is 136 cm³/mol. The highest BCUT2D eigenvalue weighted by molar-refractivity contribution is 5.91. The number of benzene rings is 3. The average Bonchev–Trinajstić information content (AvgIpc) is 3.42. The minimum Gasteiger partial charge on any atom is -0.462 e. The second-order valence-corrected chi connectivity index (χ2v) is 9.41. The maximum atomic E-state index is 13.0. The summed E-state index contributed by atoms with van der Waals surface area (Å²) in [7, 11) is 0. The molecule has 0 aromatic heterocycles. The number of ether oxygens (including phenoxy) is 2. The standard InChI is InChI=1S/C31H28O5/c32-25(16-11-21-7-3-1-4-8-21)17-18-26-27-19-30(33)35-29(27)20-28(26)36-31(34)24-14-12-23(13-15-24)22-9-5-2-6-10-22/h1-10,12-15,17-18,26-29H,11,16,19-20H2/t26-,27-,28?,29+/m1/s1. The van der Waals surface area contributed by atoms with Crippen molar-refractivity contribution in [3.05, 3.63) is 108 Å². The molecule has 3 aromatic carbocycles. The highest BCUT2D eigenvalue weighted by atomic mass is 16.6. The highest BCUT2D eigenvalue weighted by Crippen LogP contribution is 2.43. The Hall–Kier alpha value is -3.99. The smallest absolute Gasteiger partial charge is 0.338 e. The quantitative estimate of drug-likeness (QED) is 0.311. The third-order valence-electron chi connectivity index (χ3n) is 7.04. The lowest BCUT2D eigenvalue weighted by atomic mass is 9.91. The zero-order chi connectivity index (χ0) is 24.9. The number of ketones is 1. The van der Waals surface area contributed by atoms with Gasteiger partial charge in [0.1, 0.15) is 12.2 Å². The van der Waals surface area contributed by atoms with Gasteiger partial charge in [-0.2, -0.15) is 0 Å². The first-order chi connectivity index (χ1) is 17.6. The first kappa shape index (κ1) is 23.7. The first-order valence-corrected chi connectivity index (χ1v) is 12.4. The monoisotopic (exact) mass is 480 g/mol. The van der Waals surface area contributed by atoms with E-state index in [-0.39, 0.29) is 36.1 Å². The third-order valence-corrected chi connectivity index (χ3v) is 7.04. The van der Waals surface area contributed by atoms with E-state index < -0.39 is 12.1 Å². The minimum absolute atomic E-state index is 0.00845. The molecule has 3 aromatic rings. The molecule has 0 bridgehead atoms. The molecule has 5 rings (SSSR count). The number of carbonyl (C=O) groups is 3. The lowest BCUT2D eigenvalue weighted by molar-refractivity contribution is -0.141. The van der Waals surface area contributed by atoms with Crippen LogP contribution in [-0.2, 0) is 25.5 Å². The summed E-state index contributed by atoms with van der Waals surface area (Å²) in [4.78, 5) is 37.4. The Balaban J connectivity index is 1.24. The molecule has 0 radical (unpaired) electrons. The van der Waals surface area contributed by atoms with Crippen molar-refractivity contribution in [3.8, 4) is 11.1 Å². The van der Waals surface area contributed by atoms with Crippen LogP contribution >= 0.6 is 0 Å². The van der Waals surface area contributed by atoms with Crippen molar-refractivity contribution < 1.29 is 23.9 Å². The van der Waals surface area contributed by atoms with E-state index in [0.717, 1.165) is 16.7 Å². The molecule has 0 spiro atoms. The molecule has 1 aliphatic carbocycles. The molecule has 36 heavy (non-hydrogen) atoms. The first-order valence-electron chi connectivity index (χ1n) is 12.4. The van der Waals surface area contributed by atoms with Crippen molar-refractivity contribution in [3.63, 3.8) is 0 Å². The van der Waals surface area contributed by atoms with Gasteiger partial charge < -0.3 is 9.47 Å². The molecule has 1 saturated heterocycles. The second kappa shape index (κ2) is 10.7. The number of hydrogen-bond donors (Lipinski definition) is 0. The Morgan fingerprint density at radius 1 is 0.889 bits per heavy atom. The number of carbonyl (C=O) groups excluding carboxylic acids is 3. The van der Waals surface area contributed by atoms with Gasteiger partial charge in [0.15, 0.2) is 5.78 Å². The van der Waals surface area contributed by atoms with Crippen molar-refractivity contribution in [1.82, 2.24) is 0 Å². The zero-order valence-electron chi connectivity index (χ0n) is 19.9. The van der Waals surface area contributed by atoms with Crippen molar-refractivity contribution in [1.29, 1.82) is 0 Å². The Labute approximate surface area is 210 Å². The molecule has 0 amide bonds. The van der Waals surface area contributed by atoms with Gasteiger partial charge in [-0.3, -0.25) is 9.59 Å². The van der Waals surface area contributed by atoms with Crippen LogP contribution in [0.2, 0.25) is 0 Å². The van der Waals surface area contributed by atoms with E-state index in [0.29, 0.717) is 24.8 Å². The molecule has 2 aliphatic rings. The molecule has 1 aliphatic heterocycles. The fraction of sp³-hybridized carbons (Fsp3) is 0.258. The maximum absolute atomic E-state index is 13.0. The van der Waals surface area contributed by atoms with Gasteiger partial charge in [-0.1, -0.05) is 78.9 Å². The van der Waals surface area contributed by atoms with Crippen LogP contribution in [0.1, 0.15) is 35.2 Å². The van der Waals surface area contributed by atoms with Gasteiger partial charge in [0.05, 0.1) is 12.0 Å². The average molecular weight is 481 g/mol. The molecule has 1 heterocycles. The van der Waals surface area contributed by atoms with Crippen molar-refractivity contribution in [2.75, 3.05) is 0 Å². The molecule has 182 valence electrons. The summed E-state index contributed by atoms with van der Waals surface area (Å²) in [6.45, 7) is 0. The van der Waals surface area contributed by atoms with Gasteiger partial charge in [0, 0.05) is 24.7 Å². The van der Waals surface area contributed by atoms with E-state index in [1.807, 2.05) is 78.9 Å². The number of hydrogen-bond acceptors (Lipinski definition) is 5. The van der Waals surface area contributed by atoms with Crippen LogP contribution in [0.15, 0.2) is 97.1 Å². The third kappa shape index (κ3) is 5.46. The Kier molecular flexibility index (Phi) is 7.08. The van der Waals surface area contributed by atoms with Gasteiger partial charge in [-0.05, 0) is 41.3 Å². The number of aryl methyl sites for hydroxylation is 1. The normalized spacial score (nSPS) is 22.8. The SMILES string of the molecule is O=C(C=C[C@H]1C(OC(=O)c2ccc(-c3ccccc3)cc2)C[C@@H]2OC(=O)C[C@@H]21)CCc1ccccc1. The lowest BCUT2D eigenvalue weighted by Crippen LogP contribution is -2.25. The molecule has 0 N–H and O–H groups in total. The van der Waals surface area contributed by atoms with E-state index in [2.05, 4.69) is 0 Å². The number of rotatable bonds is 8. The molecule has 2 fully saturated rings.